The minimum atomic E-state index is -0.624. The highest BCUT2D eigenvalue weighted by Crippen LogP contribution is 2.40. The number of ether oxygens (including phenoxy) is 1. The monoisotopic (exact) mass is 407 g/mol. The highest BCUT2D eigenvalue weighted by Gasteiger charge is 2.23. The van der Waals surface area contributed by atoms with Crippen LogP contribution in [0.3, 0.4) is 0 Å². The fraction of sp³-hybridized carbons (Fsp3) is 0.167. The highest BCUT2D eigenvalue weighted by molar-refractivity contribution is 9.10. The first-order valence-corrected chi connectivity index (χ1v) is 7.06. The second-order valence-electron chi connectivity index (χ2n) is 3.80. The number of hydrogen-bond acceptors (Lipinski definition) is 4. The van der Waals surface area contributed by atoms with Crippen molar-refractivity contribution in [1.29, 1.82) is 0 Å². The topological polar surface area (TPSA) is 65.5 Å². The molecule has 106 valence electrons. The van der Waals surface area contributed by atoms with Crippen LogP contribution in [0.15, 0.2) is 33.2 Å². The zero-order valence-electron chi connectivity index (χ0n) is 10.1. The largest absolute Gasteiger partial charge is 0.496 e. The van der Waals surface area contributed by atoms with Crippen molar-refractivity contribution < 1.29 is 18.5 Å². The Morgan fingerprint density at radius 3 is 2.70 bits per heavy atom. The molecule has 2 rings (SSSR count). The molecule has 1 aromatic heterocycles. The standard InChI is InChI=1S/C12H8Br2FNO4/c1-19-10-5-8(15)7(13)4-6(10)12(14)9-2-3-11(20-9)16(17)18/h2-5,12H,1H3. The van der Waals surface area contributed by atoms with E-state index < -0.39 is 15.6 Å². The van der Waals surface area contributed by atoms with Crippen LogP contribution in [-0.4, -0.2) is 12.0 Å². The molecule has 2 aromatic rings. The molecule has 0 saturated heterocycles. The number of methoxy groups -OCH3 is 1. The van der Waals surface area contributed by atoms with Gasteiger partial charge in [-0.25, -0.2) is 4.39 Å². The molecule has 1 unspecified atom stereocenters. The number of hydrogen-bond donors (Lipinski definition) is 0. The van der Waals surface area contributed by atoms with Crippen LogP contribution in [0.25, 0.3) is 0 Å². The van der Waals surface area contributed by atoms with E-state index in [0.717, 1.165) is 0 Å². The lowest BCUT2D eigenvalue weighted by atomic mass is 10.1. The summed E-state index contributed by atoms with van der Waals surface area (Å²) >= 11 is 6.46. The van der Waals surface area contributed by atoms with Crippen LogP contribution in [0.1, 0.15) is 16.2 Å². The van der Waals surface area contributed by atoms with Gasteiger partial charge in [0, 0.05) is 11.6 Å². The Morgan fingerprint density at radius 2 is 2.15 bits per heavy atom. The number of halogens is 3. The van der Waals surface area contributed by atoms with Gasteiger partial charge in [0.15, 0.2) is 0 Å². The molecule has 1 atom stereocenters. The van der Waals surface area contributed by atoms with Gasteiger partial charge in [-0.1, -0.05) is 15.9 Å². The molecule has 1 aromatic carbocycles. The van der Waals surface area contributed by atoms with Crippen LogP contribution in [0.2, 0.25) is 0 Å². The van der Waals surface area contributed by atoms with Crippen molar-refractivity contribution in [3.8, 4) is 5.75 Å². The van der Waals surface area contributed by atoms with E-state index in [1.807, 2.05) is 0 Å². The average molecular weight is 409 g/mol. The molecule has 0 bridgehead atoms. The van der Waals surface area contributed by atoms with Crippen molar-refractivity contribution in [3.05, 3.63) is 56.0 Å². The van der Waals surface area contributed by atoms with Crippen molar-refractivity contribution in [1.82, 2.24) is 0 Å². The molecule has 0 spiro atoms. The van der Waals surface area contributed by atoms with Gasteiger partial charge in [0.25, 0.3) is 0 Å². The van der Waals surface area contributed by atoms with Gasteiger partial charge in [0.1, 0.15) is 27.1 Å². The number of furan rings is 1. The van der Waals surface area contributed by atoms with Crippen LogP contribution in [0.4, 0.5) is 10.3 Å². The summed E-state index contributed by atoms with van der Waals surface area (Å²) in [6.45, 7) is 0. The SMILES string of the molecule is COc1cc(F)c(Br)cc1C(Br)c1ccc([N+](=O)[O-])o1. The molecular formula is C12H8Br2FNO4. The fourth-order valence-electron chi connectivity index (χ4n) is 1.65. The molecule has 1 heterocycles. The molecule has 5 nitrogen and oxygen atoms in total. The summed E-state index contributed by atoms with van der Waals surface area (Å²) in [5.74, 6) is -0.180. The second-order valence-corrected chi connectivity index (χ2v) is 5.57. The maximum Gasteiger partial charge on any atom is 0.433 e. The van der Waals surface area contributed by atoms with Crippen molar-refractivity contribution in [2.75, 3.05) is 7.11 Å². The predicted molar refractivity (Wildman–Crippen MR) is 76.8 cm³/mol. The molecule has 0 radical (unpaired) electrons. The molecule has 0 fully saturated rings. The van der Waals surface area contributed by atoms with Gasteiger partial charge in [0.2, 0.25) is 0 Å². The molecule has 0 aliphatic rings. The second kappa shape index (κ2) is 5.92. The number of rotatable bonds is 4. The number of benzene rings is 1. The average Bonchev–Trinajstić information content (AvgIpc) is 2.90. The molecule has 0 saturated carbocycles. The zero-order chi connectivity index (χ0) is 14.9. The van der Waals surface area contributed by atoms with Gasteiger partial charge < -0.3 is 9.15 Å². The van der Waals surface area contributed by atoms with E-state index in [0.29, 0.717) is 17.1 Å². The summed E-state index contributed by atoms with van der Waals surface area (Å²) in [6, 6.07) is 5.50. The highest BCUT2D eigenvalue weighted by atomic mass is 79.9. The molecule has 0 aliphatic carbocycles. The number of nitrogens with zero attached hydrogens (tertiary/aromatic N) is 1. The van der Waals surface area contributed by atoms with Crippen LogP contribution in [0, 0.1) is 15.9 Å². The fourth-order valence-corrected chi connectivity index (χ4v) is 2.61. The maximum absolute atomic E-state index is 13.5. The number of nitro groups is 1. The summed E-state index contributed by atoms with van der Waals surface area (Å²) in [5.41, 5.74) is 0.588. The summed E-state index contributed by atoms with van der Waals surface area (Å²) in [5, 5.41) is 10.6. The first-order chi connectivity index (χ1) is 9.43. The summed E-state index contributed by atoms with van der Waals surface area (Å²) in [4.78, 5) is 9.49. The van der Waals surface area contributed by atoms with Gasteiger partial charge in [0.05, 0.1) is 17.6 Å². The van der Waals surface area contributed by atoms with Crippen LogP contribution >= 0.6 is 31.9 Å². The van der Waals surface area contributed by atoms with Gasteiger partial charge in [-0.2, -0.15) is 0 Å². The number of alkyl halides is 1. The van der Waals surface area contributed by atoms with E-state index in [1.54, 1.807) is 0 Å². The quantitative estimate of drug-likeness (QED) is 0.421. The Bertz CT molecular complexity index is 659. The van der Waals surface area contributed by atoms with Crippen molar-refractivity contribution in [3.63, 3.8) is 0 Å². The first kappa shape index (κ1) is 15.0. The van der Waals surface area contributed by atoms with Gasteiger partial charge >= 0.3 is 5.88 Å². The summed E-state index contributed by atoms with van der Waals surface area (Å²) in [7, 11) is 1.41. The third kappa shape index (κ3) is 2.85. The smallest absolute Gasteiger partial charge is 0.433 e. The van der Waals surface area contributed by atoms with E-state index >= 15 is 0 Å². The van der Waals surface area contributed by atoms with Crippen LogP contribution in [-0.2, 0) is 0 Å². The maximum atomic E-state index is 13.5. The van der Waals surface area contributed by atoms with E-state index in [4.69, 9.17) is 9.15 Å². The molecule has 0 N–H and O–H groups in total. The van der Waals surface area contributed by atoms with E-state index in [-0.39, 0.29) is 10.4 Å². The van der Waals surface area contributed by atoms with E-state index in [9.17, 15) is 14.5 Å². The zero-order valence-corrected chi connectivity index (χ0v) is 13.3. The summed E-state index contributed by atoms with van der Waals surface area (Å²) in [6.07, 6.45) is 0. The van der Waals surface area contributed by atoms with Crippen molar-refractivity contribution in [2.45, 2.75) is 4.83 Å². The van der Waals surface area contributed by atoms with Crippen molar-refractivity contribution >= 4 is 37.7 Å². The lowest BCUT2D eigenvalue weighted by molar-refractivity contribution is -0.402. The lowest BCUT2D eigenvalue weighted by Gasteiger charge is -2.13. The van der Waals surface area contributed by atoms with Gasteiger partial charge in [-0.05, 0) is 28.1 Å². The molecule has 0 aliphatic heterocycles. The molecular weight excluding hydrogens is 401 g/mol. The Balaban J connectivity index is 2.43. The van der Waals surface area contributed by atoms with Crippen LogP contribution in [0.5, 0.6) is 5.75 Å². The predicted octanol–water partition coefficient (Wildman–Crippen LogP) is 4.58. The molecule has 8 heteroatoms. The first-order valence-electron chi connectivity index (χ1n) is 5.35. The van der Waals surface area contributed by atoms with E-state index in [1.165, 1.54) is 31.4 Å². The Labute approximate surface area is 130 Å². The minimum absolute atomic E-state index is 0.263. The van der Waals surface area contributed by atoms with Crippen LogP contribution < -0.4 is 4.74 Å². The third-order valence-corrected chi connectivity index (χ3v) is 4.14. The molecule has 0 amide bonds. The normalized spacial score (nSPS) is 12.2. The Morgan fingerprint density at radius 1 is 1.45 bits per heavy atom. The lowest BCUT2D eigenvalue weighted by Crippen LogP contribution is -1.98. The molecule has 20 heavy (non-hydrogen) atoms. The van der Waals surface area contributed by atoms with Gasteiger partial charge in [-0.3, -0.25) is 10.1 Å². The third-order valence-electron chi connectivity index (χ3n) is 2.59. The minimum Gasteiger partial charge on any atom is -0.496 e. The van der Waals surface area contributed by atoms with E-state index in [2.05, 4.69) is 31.9 Å². The summed E-state index contributed by atoms with van der Waals surface area (Å²) < 4.78 is 24.0. The Hall–Kier alpha value is -1.41. The Kier molecular flexibility index (Phi) is 4.44. The van der Waals surface area contributed by atoms with Crippen molar-refractivity contribution in [2.24, 2.45) is 0 Å². The van der Waals surface area contributed by atoms with Gasteiger partial charge in [-0.15, -0.1) is 0 Å².